The molecule has 2 unspecified atom stereocenters. The summed E-state index contributed by atoms with van der Waals surface area (Å²) in [5, 5.41) is 25.7. The lowest BCUT2D eigenvalue weighted by atomic mass is 9.87. The maximum absolute atomic E-state index is 12.7. The van der Waals surface area contributed by atoms with E-state index in [1.807, 2.05) is 6.92 Å². The third-order valence-electron chi connectivity index (χ3n) is 8.22. The number of anilines is 1. The number of rotatable bonds is 25. The molecule has 0 aromatic carbocycles. The molecule has 25 nitrogen and oxygen atoms in total. The molecule has 0 bridgehead atoms. The molecule has 10 N–H and O–H groups in total. The second kappa shape index (κ2) is 21.7. The van der Waals surface area contributed by atoms with Gasteiger partial charge in [0.1, 0.15) is 36.3 Å². The topological polar surface area (TPSA) is 381 Å². The molecule has 3 rings (SSSR count). The van der Waals surface area contributed by atoms with Crippen molar-refractivity contribution in [3.8, 4) is 0 Å². The van der Waals surface area contributed by atoms with E-state index in [0.29, 0.717) is 6.42 Å². The standard InChI is InChI=1S/C29H48N7O18P3S/c1-4-5-6-7-8-17(37)28(42)58-12-11-31-19(38)9-10-32-26(41)23(40)29(2,3)14-51-57(48,49)54-56(46,47)50-13-18-22(53-55(43,44)45)21(39)27(52-18)36-16-35-20-24(30)33-15-34-25(20)36/h15-16,18,21-23,27,39-40H,4-14H2,1-3H3,(H,31,38)(H,32,41)(H,46,47)(H,48,49)(H2,30,33,34)(H2,43,44,45)/t18-,21-,22-,23+,27-/m1/s1. The number of thioether (sulfide) groups is 1. The van der Waals surface area contributed by atoms with E-state index in [4.69, 9.17) is 19.5 Å². The summed E-state index contributed by atoms with van der Waals surface area (Å²) in [6.07, 6.45) is -3.38. The fourth-order valence-electron chi connectivity index (χ4n) is 5.17. The van der Waals surface area contributed by atoms with Gasteiger partial charge in [-0.3, -0.25) is 37.3 Å². The predicted octanol–water partition coefficient (Wildman–Crippen LogP) is 0.204. The van der Waals surface area contributed by atoms with Gasteiger partial charge in [-0.05, 0) is 6.42 Å². The van der Waals surface area contributed by atoms with Crippen LogP contribution in [0.25, 0.3) is 11.2 Å². The minimum absolute atomic E-state index is 0.0244. The van der Waals surface area contributed by atoms with Gasteiger partial charge in [0.15, 0.2) is 17.7 Å². The zero-order valence-electron chi connectivity index (χ0n) is 31.5. The lowest BCUT2D eigenvalue weighted by Gasteiger charge is -2.30. The number of fused-ring (bicyclic) bond motifs is 1. The number of ether oxygens (including phenoxy) is 1. The zero-order chi connectivity index (χ0) is 43.5. The second-order valence-corrected chi connectivity index (χ2v) is 18.7. The maximum atomic E-state index is 12.7. The van der Waals surface area contributed by atoms with Crippen LogP contribution in [0.4, 0.5) is 5.82 Å². The smallest absolute Gasteiger partial charge is 0.386 e. The summed E-state index contributed by atoms with van der Waals surface area (Å²) in [5.41, 5.74) is 4.22. The molecule has 0 spiro atoms. The lowest BCUT2D eigenvalue weighted by molar-refractivity contribution is -0.137. The molecule has 7 atom stereocenters. The first-order chi connectivity index (χ1) is 27.0. The van der Waals surface area contributed by atoms with Crippen molar-refractivity contribution in [1.82, 2.24) is 30.2 Å². The molecule has 1 aliphatic heterocycles. The number of nitrogen functional groups attached to an aromatic ring is 1. The van der Waals surface area contributed by atoms with Crippen LogP contribution < -0.4 is 16.4 Å². The van der Waals surface area contributed by atoms with Gasteiger partial charge < -0.3 is 50.9 Å². The number of hydrogen-bond donors (Lipinski definition) is 9. The Morgan fingerprint density at radius 1 is 1.00 bits per heavy atom. The van der Waals surface area contributed by atoms with Crippen LogP contribution in [0.1, 0.15) is 65.5 Å². The molecule has 29 heteroatoms. The van der Waals surface area contributed by atoms with E-state index >= 15 is 0 Å². The lowest BCUT2D eigenvalue weighted by Crippen LogP contribution is -2.46. The number of aromatic nitrogens is 4. The number of imidazole rings is 1. The summed E-state index contributed by atoms with van der Waals surface area (Å²) in [6.45, 7) is 2.29. The van der Waals surface area contributed by atoms with Crippen LogP contribution >= 0.6 is 35.2 Å². The van der Waals surface area contributed by atoms with Gasteiger partial charge in [-0.1, -0.05) is 51.8 Å². The highest BCUT2D eigenvalue weighted by Crippen LogP contribution is 2.61. The average Bonchev–Trinajstić information content (AvgIpc) is 3.69. The minimum atomic E-state index is -5.58. The minimum Gasteiger partial charge on any atom is -0.386 e. The number of hydrogen-bond acceptors (Lipinski definition) is 19. The summed E-state index contributed by atoms with van der Waals surface area (Å²) in [4.78, 5) is 99.4. The zero-order valence-corrected chi connectivity index (χ0v) is 35.0. The van der Waals surface area contributed by atoms with Crippen molar-refractivity contribution < 1.29 is 85.3 Å². The monoisotopic (exact) mass is 907 g/mol. The summed E-state index contributed by atoms with van der Waals surface area (Å²) in [7, 11) is -16.4. The summed E-state index contributed by atoms with van der Waals surface area (Å²) in [6, 6.07) is 0. The van der Waals surface area contributed by atoms with Crippen molar-refractivity contribution in [3.05, 3.63) is 12.7 Å². The van der Waals surface area contributed by atoms with E-state index in [2.05, 4.69) is 34.4 Å². The Hall–Kier alpha value is -2.77. The Bertz CT molecular complexity index is 1900. The van der Waals surface area contributed by atoms with Crippen molar-refractivity contribution in [2.45, 2.75) is 89.9 Å². The van der Waals surface area contributed by atoms with Crippen molar-refractivity contribution in [2.24, 2.45) is 5.41 Å². The second-order valence-electron chi connectivity index (χ2n) is 13.4. The first kappa shape index (κ1) is 49.6. The molecule has 0 saturated carbocycles. The third kappa shape index (κ3) is 15.4. The number of ketones is 1. The maximum Gasteiger partial charge on any atom is 0.481 e. The summed E-state index contributed by atoms with van der Waals surface area (Å²) < 4.78 is 62.1. The summed E-state index contributed by atoms with van der Waals surface area (Å²) in [5.74, 6) is -1.87. The van der Waals surface area contributed by atoms with E-state index in [1.54, 1.807) is 0 Å². The van der Waals surface area contributed by atoms with Gasteiger partial charge in [-0.15, -0.1) is 0 Å². The molecule has 0 aliphatic carbocycles. The number of aliphatic hydroxyl groups is 2. The number of phosphoric ester groups is 3. The Labute approximate surface area is 335 Å². The predicted molar refractivity (Wildman–Crippen MR) is 201 cm³/mol. The van der Waals surface area contributed by atoms with Gasteiger partial charge in [0, 0.05) is 37.1 Å². The molecule has 1 fully saturated rings. The molecule has 2 aromatic heterocycles. The van der Waals surface area contributed by atoms with Crippen LogP contribution in [-0.2, 0) is 55.5 Å². The molecule has 0 radical (unpaired) electrons. The fourth-order valence-corrected chi connectivity index (χ4v) is 8.65. The number of amides is 2. The average molecular weight is 908 g/mol. The van der Waals surface area contributed by atoms with Crippen LogP contribution in [0.15, 0.2) is 12.7 Å². The van der Waals surface area contributed by atoms with Crippen LogP contribution in [0.2, 0.25) is 0 Å². The first-order valence-corrected chi connectivity index (χ1v) is 23.1. The van der Waals surface area contributed by atoms with Crippen LogP contribution in [0.3, 0.4) is 0 Å². The Morgan fingerprint density at radius 2 is 1.69 bits per heavy atom. The van der Waals surface area contributed by atoms with Crippen molar-refractivity contribution in [3.63, 3.8) is 0 Å². The van der Waals surface area contributed by atoms with Crippen molar-refractivity contribution in [2.75, 3.05) is 37.8 Å². The van der Waals surface area contributed by atoms with Crippen molar-refractivity contribution in [1.29, 1.82) is 0 Å². The normalized spacial score (nSPS) is 21.3. The van der Waals surface area contributed by atoms with Crippen LogP contribution in [0, 0.1) is 5.41 Å². The van der Waals surface area contributed by atoms with E-state index in [0.717, 1.165) is 48.2 Å². The molecule has 3 heterocycles. The molecule has 1 aliphatic rings. The van der Waals surface area contributed by atoms with E-state index in [9.17, 15) is 62.7 Å². The highest BCUT2D eigenvalue weighted by atomic mass is 32.2. The molecule has 58 heavy (non-hydrogen) atoms. The number of phosphoric acid groups is 3. The Balaban J connectivity index is 1.45. The quantitative estimate of drug-likeness (QED) is 0.0365. The van der Waals surface area contributed by atoms with Gasteiger partial charge >= 0.3 is 23.5 Å². The van der Waals surface area contributed by atoms with Gasteiger partial charge in [0.2, 0.25) is 17.6 Å². The van der Waals surface area contributed by atoms with Gasteiger partial charge in [-0.25, -0.2) is 28.6 Å². The fraction of sp³-hybridized carbons (Fsp3) is 0.690. The van der Waals surface area contributed by atoms with Gasteiger partial charge in [0.05, 0.1) is 19.5 Å². The molecular formula is C29H48N7O18P3S. The third-order valence-corrected chi connectivity index (χ3v) is 12.2. The molecule has 1 saturated heterocycles. The Morgan fingerprint density at radius 3 is 2.36 bits per heavy atom. The summed E-state index contributed by atoms with van der Waals surface area (Å²) >= 11 is 0.793. The number of aliphatic hydroxyl groups excluding tert-OH is 2. The molecule has 2 amide bonds. The number of carbonyl (C=O) groups excluding carboxylic acids is 4. The van der Waals surface area contributed by atoms with Crippen LogP contribution in [-0.4, -0.2) is 128 Å². The van der Waals surface area contributed by atoms with E-state index in [-0.39, 0.29) is 48.7 Å². The van der Waals surface area contributed by atoms with Crippen molar-refractivity contribution >= 4 is 74.9 Å². The largest absolute Gasteiger partial charge is 0.481 e. The number of unbranched alkanes of at least 4 members (excludes halogenated alkanes) is 3. The van der Waals surface area contributed by atoms with E-state index < -0.39 is 95.5 Å². The number of nitrogens with one attached hydrogen (secondary N) is 2. The van der Waals surface area contributed by atoms with Crippen LogP contribution in [0.5, 0.6) is 0 Å². The number of Topliss-reactive ketones (excluding diaryl/α,β-unsaturated/α-hetero) is 1. The highest BCUT2D eigenvalue weighted by molar-refractivity contribution is 8.15. The molecular weight excluding hydrogens is 859 g/mol. The molecule has 328 valence electrons. The number of nitrogens with two attached hydrogens (primary N) is 1. The van der Waals surface area contributed by atoms with Gasteiger partial charge in [0.25, 0.3) is 5.12 Å². The highest BCUT2D eigenvalue weighted by Gasteiger charge is 2.50. The first-order valence-electron chi connectivity index (χ1n) is 17.6. The molecule has 2 aromatic rings. The van der Waals surface area contributed by atoms with E-state index in [1.165, 1.54) is 13.8 Å². The SMILES string of the molecule is CCCCCCC(=O)C(=O)SCCNC(=O)CCNC(=O)[C@H](O)C(C)(C)COP(=O)(O)OP(=O)(O)OC[C@H]1O[C@@H](n2cnc3c(N)ncnc32)[C@H](O)[C@@H]1OP(=O)(O)O. The number of nitrogens with zero attached hydrogens (tertiary/aromatic N) is 4. The van der Waals surface area contributed by atoms with Gasteiger partial charge in [-0.2, -0.15) is 4.31 Å². The Kier molecular flexibility index (Phi) is 18.5. The number of carbonyl (C=O) groups is 4.